The average molecular weight is 285 g/mol. The third-order valence-corrected chi connectivity index (χ3v) is 4.46. The molecule has 1 aliphatic heterocycles. The molecule has 106 valence electrons. The van der Waals surface area contributed by atoms with Crippen molar-refractivity contribution in [3.05, 3.63) is 34.6 Å². The van der Waals surface area contributed by atoms with Crippen LogP contribution in [-0.2, 0) is 6.54 Å². The van der Waals surface area contributed by atoms with Crippen molar-refractivity contribution in [1.82, 2.24) is 4.90 Å². The van der Waals surface area contributed by atoms with Crippen molar-refractivity contribution in [2.24, 2.45) is 11.7 Å². The first kappa shape index (κ1) is 14.8. The van der Waals surface area contributed by atoms with Gasteiger partial charge in [-0.25, -0.2) is 4.39 Å². The Labute approximate surface area is 119 Å². The fraction of sp³-hybridized carbons (Fsp3) is 0.600. The van der Waals surface area contributed by atoms with Crippen LogP contribution in [0.5, 0.6) is 0 Å². The lowest BCUT2D eigenvalue weighted by molar-refractivity contribution is 0.107. The fourth-order valence-corrected chi connectivity index (χ4v) is 3.08. The van der Waals surface area contributed by atoms with Crippen LogP contribution in [0.1, 0.15) is 31.7 Å². The van der Waals surface area contributed by atoms with E-state index in [2.05, 4.69) is 11.8 Å². The second-order valence-corrected chi connectivity index (χ2v) is 5.81. The molecule has 2 atom stereocenters. The molecule has 0 spiro atoms. The first-order valence-electron chi connectivity index (χ1n) is 7.02. The molecule has 2 unspecified atom stereocenters. The van der Waals surface area contributed by atoms with Crippen molar-refractivity contribution in [2.75, 3.05) is 13.1 Å². The molecule has 4 heteroatoms. The fourth-order valence-electron chi connectivity index (χ4n) is 2.88. The van der Waals surface area contributed by atoms with Crippen LogP contribution in [0.25, 0.3) is 0 Å². The van der Waals surface area contributed by atoms with Crippen LogP contribution < -0.4 is 5.73 Å². The molecule has 0 amide bonds. The van der Waals surface area contributed by atoms with E-state index < -0.39 is 0 Å². The molecule has 1 aromatic carbocycles. The summed E-state index contributed by atoms with van der Waals surface area (Å²) in [6, 6.07) is 5.40. The highest BCUT2D eigenvalue weighted by atomic mass is 35.5. The third kappa shape index (κ3) is 3.68. The molecular weight excluding hydrogens is 263 g/mol. The molecule has 1 aromatic rings. The lowest BCUT2D eigenvalue weighted by Crippen LogP contribution is -2.46. The maximum absolute atomic E-state index is 13.2. The zero-order chi connectivity index (χ0) is 13.8. The van der Waals surface area contributed by atoms with Gasteiger partial charge in [-0.15, -0.1) is 0 Å². The predicted octanol–water partition coefficient (Wildman–Crippen LogP) is 3.43. The quantitative estimate of drug-likeness (QED) is 0.918. The first-order valence-corrected chi connectivity index (χ1v) is 7.39. The molecule has 2 nitrogen and oxygen atoms in total. The number of hydrogen-bond acceptors (Lipinski definition) is 2. The number of piperidine rings is 1. The van der Waals surface area contributed by atoms with Crippen molar-refractivity contribution in [3.63, 3.8) is 0 Å². The normalized spacial score (nSPS) is 24.6. The minimum atomic E-state index is -0.356. The van der Waals surface area contributed by atoms with E-state index in [0.29, 0.717) is 12.6 Å². The largest absolute Gasteiger partial charge is 0.329 e. The van der Waals surface area contributed by atoms with Crippen LogP contribution in [0.4, 0.5) is 4.39 Å². The Hall–Kier alpha value is -0.640. The third-order valence-electron chi connectivity index (χ3n) is 4.17. The van der Waals surface area contributed by atoms with Gasteiger partial charge in [0, 0.05) is 19.1 Å². The SMILES string of the molecule is CCC1CCN(Cc2ccc(F)c(Cl)c2)C(CN)C1. The molecule has 1 heterocycles. The average Bonchev–Trinajstić information content (AvgIpc) is 2.43. The number of rotatable bonds is 4. The van der Waals surface area contributed by atoms with E-state index in [1.54, 1.807) is 12.1 Å². The predicted molar refractivity (Wildman–Crippen MR) is 77.7 cm³/mol. The maximum atomic E-state index is 13.2. The molecule has 0 aliphatic carbocycles. The van der Waals surface area contributed by atoms with E-state index in [1.165, 1.54) is 25.3 Å². The molecular formula is C15H22ClFN2. The van der Waals surface area contributed by atoms with Crippen molar-refractivity contribution < 1.29 is 4.39 Å². The van der Waals surface area contributed by atoms with Gasteiger partial charge in [-0.3, -0.25) is 4.90 Å². The van der Waals surface area contributed by atoms with E-state index in [-0.39, 0.29) is 10.8 Å². The summed E-state index contributed by atoms with van der Waals surface area (Å²) in [5.74, 6) is 0.437. The molecule has 0 bridgehead atoms. The summed E-state index contributed by atoms with van der Waals surface area (Å²) >= 11 is 5.83. The van der Waals surface area contributed by atoms with Crippen molar-refractivity contribution in [1.29, 1.82) is 0 Å². The lowest BCUT2D eigenvalue weighted by Gasteiger charge is -2.39. The topological polar surface area (TPSA) is 29.3 Å². The van der Waals surface area contributed by atoms with Crippen LogP contribution in [0.15, 0.2) is 18.2 Å². The van der Waals surface area contributed by atoms with Crippen molar-refractivity contribution in [3.8, 4) is 0 Å². The molecule has 0 saturated carbocycles. The Morgan fingerprint density at radius 1 is 1.47 bits per heavy atom. The first-order chi connectivity index (χ1) is 9.13. The Kier molecular flexibility index (Phi) is 5.20. The van der Waals surface area contributed by atoms with Gasteiger partial charge in [-0.1, -0.05) is 31.0 Å². The monoisotopic (exact) mass is 284 g/mol. The summed E-state index contributed by atoms with van der Waals surface area (Å²) in [6.07, 6.45) is 3.62. The maximum Gasteiger partial charge on any atom is 0.141 e. The smallest absolute Gasteiger partial charge is 0.141 e. The summed E-state index contributed by atoms with van der Waals surface area (Å²) in [5.41, 5.74) is 6.95. The number of nitrogens with two attached hydrogens (primary N) is 1. The molecule has 2 rings (SSSR count). The number of hydrogen-bond donors (Lipinski definition) is 1. The Morgan fingerprint density at radius 3 is 2.89 bits per heavy atom. The van der Waals surface area contributed by atoms with Crippen molar-refractivity contribution in [2.45, 2.75) is 38.8 Å². The molecule has 1 saturated heterocycles. The highest BCUT2D eigenvalue weighted by Gasteiger charge is 2.26. The Morgan fingerprint density at radius 2 is 2.26 bits per heavy atom. The minimum absolute atomic E-state index is 0.199. The van der Waals surface area contributed by atoms with Crippen LogP contribution in [-0.4, -0.2) is 24.0 Å². The van der Waals surface area contributed by atoms with E-state index in [9.17, 15) is 4.39 Å². The van der Waals surface area contributed by atoms with Gasteiger partial charge in [0.1, 0.15) is 5.82 Å². The highest BCUT2D eigenvalue weighted by molar-refractivity contribution is 6.30. The van der Waals surface area contributed by atoms with E-state index in [0.717, 1.165) is 24.6 Å². The van der Waals surface area contributed by atoms with Gasteiger partial charge in [0.15, 0.2) is 0 Å². The van der Waals surface area contributed by atoms with E-state index in [4.69, 9.17) is 17.3 Å². The summed E-state index contributed by atoms with van der Waals surface area (Å²) in [4.78, 5) is 2.40. The molecule has 1 fully saturated rings. The summed E-state index contributed by atoms with van der Waals surface area (Å²) < 4.78 is 13.2. The van der Waals surface area contributed by atoms with Gasteiger partial charge in [0.25, 0.3) is 0 Å². The van der Waals surface area contributed by atoms with E-state index >= 15 is 0 Å². The lowest BCUT2D eigenvalue weighted by atomic mass is 9.88. The Bertz CT molecular complexity index is 425. The van der Waals surface area contributed by atoms with E-state index in [1.807, 2.05) is 0 Å². The van der Waals surface area contributed by atoms with Crippen LogP contribution >= 0.6 is 11.6 Å². The zero-order valence-electron chi connectivity index (χ0n) is 11.4. The van der Waals surface area contributed by atoms with Gasteiger partial charge in [-0.2, -0.15) is 0 Å². The van der Waals surface area contributed by atoms with Gasteiger partial charge >= 0.3 is 0 Å². The number of nitrogens with zero attached hydrogens (tertiary/aromatic N) is 1. The van der Waals surface area contributed by atoms with Crippen LogP contribution in [0.2, 0.25) is 5.02 Å². The van der Waals surface area contributed by atoms with Gasteiger partial charge in [0.2, 0.25) is 0 Å². The Balaban J connectivity index is 2.03. The van der Waals surface area contributed by atoms with Gasteiger partial charge in [-0.05, 0) is 43.0 Å². The van der Waals surface area contributed by atoms with Crippen molar-refractivity contribution >= 4 is 11.6 Å². The molecule has 19 heavy (non-hydrogen) atoms. The highest BCUT2D eigenvalue weighted by Crippen LogP contribution is 2.27. The summed E-state index contributed by atoms with van der Waals surface area (Å²) in [7, 11) is 0. The van der Waals surface area contributed by atoms with Crippen LogP contribution in [0.3, 0.4) is 0 Å². The molecule has 0 aromatic heterocycles. The minimum Gasteiger partial charge on any atom is -0.329 e. The molecule has 2 N–H and O–H groups in total. The number of halogens is 2. The number of benzene rings is 1. The van der Waals surface area contributed by atoms with Crippen LogP contribution in [0, 0.1) is 11.7 Å². The zero-order valence-corrected chi connectivity index (χ0v) is 12.2. The summed E-state index contributed by atoms with van der Waals surface area (Å²) in [6.45, 7) is 4.80. The van der Waals surface area contributed by atoms with Gasteiger partial charge in [0.05, 0.1) is 5.02 Å². The number of likely N-dealkylation sites (tertiary alicyclic amines) is 1. The second-order valence-electron chi connectivity index (χ2n) is 5.41. The summed E-state index contributed by atoms with van der Waals surface area (Å²) in [5, 5.41) is 0.199. The van der Waals surface area contributed by atoms with Gasteiger partial charge < -0.3 is 5.73 Å². The standard InChI is InChI=1S/C15H22ClFN2/c1-2-11-5-6-19(13(7-11)9-18)10-12-3-4-15(17)14(16)8-12/h3-4,8,11,13H,2,5-7,9-10,18H2,1H3. The molecule has 1 aliphatic rings. The second kappa shape index (κ2) is 6.69. The molecule has 0 radical (unpaired) electrons.